The van der Waals surface area contributed by atoms with Crippen LogP contribution in [0.1, 0.15) is 6.92 Å². The van der Waals surface area contributed by atoms with Crippen LogP contribution in [-0.2, 0) is 0 Å². The molecule has 2 N–H and O–H groups in total. The summed E-state index contributed by atoms with van der Waals surface area (Å²) in [7, 11) is 0. The topological polar surface area (TPSA) is 32.3 Å². The van der Waals surface area contributed by atoms with E-state index in [1.807, 2.05) is 0 Å². The van der Waals surface area contributed by atoms with Crippen LogP contribution in [0.5, 0.6) is 0 Å². The first-order chi connectivity index (χ1) is 3.13. The van der Waals surface area contributed by atoms with Crippen molar-refractivity contribution in [2.75, 3.05) is 0 Å². The fourth-order valence-electron chi connectivity index (χ4n) is 0.203. The van der Waals surface area contributed by atoms with Gasteiger partial charge in [0.05, 0.1) is 0 Å². The molecule has 0 radical (unpaired) electrons. The molecule has 1 atom stereocenters. The summed E-state index contributed by atoms with van der Waals surface area (Å²) in [6.07, 6.45) is 0. The molecule has 0 aliphatic carbocycles. The molecule has 0 heterocycles. The third kappa shape index (κ3) is 5.98. The van der Waals surface area contributed by atoms with Gasteiger partial charge in [-0.3, -0.25) is 0 Å². The molecule has 0 fully saturated rings. The van der Waals surface area contributed by atoms with Crippen LogP contribution < -0.4 is 5.32 Å². The van der Waals surface area contributed by atoms with Crippen LogP contribution in [0.15, 0.2) is 12.3 Å². The molecule has 0 aromatic heterocycles. The zero-order chi connectivity index (χ0) is 5.86. The van der Waals surface area contributed by atoms with E-state index in [-0.39, 0.29) is 0 Å². The minimum Gasteiger partial charge on any atom is -0.364 e. The molecule has 0 spiro atoms. The van der Waals surface area contributed by atoms with Gasteiger partial charge in [0, 0.05) is 5.70 Å². The van der Waals surface area contributed by atoms with Crippen molar-refractivity contribution in [3.05, 3.63) is 12.3 Å². The highest BCUT2D eigenvalue weighted by atomic mass is 79.9. The van der Waals surface area contributed by atoms with Crippen molar-refractivity contribution >= 4 is 15.9 Å². The fourth-order valence-corrected chi connectivity index (χ4v) is 0.594. The Labute approximate surface area is 51.4 Å². The van der Waals surface area contributed by atoms with E-state index in [0.717, 1.165) is 5.70 Å². The lowest BCUT2D eigenvalue weighted by Gasteiger charge is -2.03. The zero-order valence-electron chi connectivity index (χ0n) is 4.11. The Bertz CT molecular complexity index is 72.1. The Morgan fingerprint density at radius 1 is 2.00 bits per heavy atom. The maximum Gasteiger partial charge on any atom is 0.181 e. The number of rotatable bonds is 2. The molecule has 0 amide bonds. The van der Waals surface area contributed by atoms with Gasteiger partial charge >= 0.3 is 0 Å². The van der Waals surface area contributed by atoms with Crippen LogP contribution in [0.4, 0.5) is 0 Å². The van der Waals surface area contributed by atoms with Crippen molar-refractivity contribution in [1.82, 2.24) is 5.32 Å². The highest BCUT2D eigenvalue weighted by molar-refractivity contribution is 9.09. The smallest absolute Gasteiger partial charge is 0.181 e. The molecular formula is C4H8BrNO. The van der Waals surface area contributed by atoms with E-state index < -0.39 is 5.14 Å². The molecule has 7 heavy (non-hydrogen) atoms. The van der Waals surface area contributed by atoms with Crippen molar-refractivity contribution in [2.24, 2.45) is 0 Å². The molecular weight excluding hydrogens is 158 g/mol. The van der Waals surface area contributed by atoms with Gasteiger partial charge in [-0.15, -0.1) is 0 Å². The SMILES string of the molecule is C=C(C)NC(O)Br. The maximum atomic E-state index is 8.47. The molecule has 0 aliphatic heterocycles. The summed E-state index contributed by atoms with van der Waals surface area (Å²) >= 11 is 2.86. The Hall–Kier alpha value is -0.0200. The average molecular weight is 166 g/mol. The minimum atomic E-state index is -0.662. The van der Waals surface area contributed by atoms with Crippen LogP contribution in [0.2, 0.25) is 0 Å². The Morgan fingerprint density at radius 3 is 2.43 bits per heavy atom. The Kier molecular flexibility index (Phi) is 3.04. The van der Waals surface area contributed by atoms with Crippen LogP contribution in [0.3, 0.4) is 0 Å². The van der Waals surface area contributed by atoms with Gasteiger partial charge in [0.1, 0.15) is 0 Å². The monoisotopic (exact) mass is 165 g/mol. The van der Waals surface area contributed by atoms with E-state index >= 15 is 0 Å². The van der Waals surface area contributed by atoms with Crippen LogP contribution in [0, 0.1) is 0 Å². The van der Waals surface area contributed by atoms with Crippen molar-refractivity contribution in [1.29, 1.82) is 0 Å². The largest absolute Gasteiger partial charge is 0.364 e. The number of aliphatic hydroxyl groups excluding tert-OH is 1. The summed E-state index contributed by atoms with van der Waals surface area (Å²) in [5.74, 6) is 0. The van der Waals surface area contributed by atoms with Crippen molar-refractivity contribution < 1.29 is 5.11 Å². The maximum absolute atomic E-state index is 8.47. The van der Waals surface area contributed by atoms with Crippen LogP contribution in [0.25, 0.3) is 0 Å². The predicted molar refractivity (Wildman–Crippen MR) is 32.9 cm³/mol. The van der Waals surface area contributed by atoms with Gasteiger partial charge in [-0.1, -0.05) is 6.58 Å². The van der Waals surface area contributed by atoms with E-state index in [1.54, 1.807) is 6.92 Å². The van der Waals surface area contributed by atoms with E-state index in [2.05, 4.69) is 27.8 Å². The lowest BCUT2D eigenvalue weighted by atomic mass is 10.6. The van der Waals surface area contributed by atoms with Crippen molar-refractivity contribution in [3.8, 4) is 0 Å². The summed E-state index contributed by atoms with van der Waals surface area (Å²) < 4.78 is 0. The quantitative estimate of drug-likeness (QED) is 0.361. The third-order valence-electron chi connectivity index (χ3n) is 0.366. The minimum absolute atomic E-state index is 0.662. The summed E-state index contributed by atoms with van der Waals surface area (Å²) in [5, 5.41) is 10.4. The number of hydrogen-bond acceptors (Lipinski definition) is 2. The molecule has 0 aromatic carbocycles. The Morgan fingerprint density at radius 2 is 2.43 bits per heavy atom. The number of halogens is 1. The molecule has 1 unspecified atom stereocenters. The zero-order valence-corrected chi connectivity index (χ0v) is 5.70. The number of nitrogens with one attached hydrogen (secondary N) is 1. The molecule has 0 aliphatic rings. The lowest BCUT2D eigenvalue weighted by molar-refractivity contribution is 0.246. The van der Waals surface area contributed by atoms with Gasteiger partial charge in [0.2, 0.25) is 0 Å². The number of hydrogen-bond donors (Lipinski definition) is 2. The van der Waals surface area contributed by atoms with Gasteiger partial charge in [-0.25, -0.2) is 0 Å². The van der Waals surface area contributed by atoms with Crippen molar-refractivity contribution in [2.45, 2.75) is 12.1 Å². The number of alkyl halides is 1. The second-order valence-corrected chi connectivity index (χ2v) is 2.13. The van der Waals surface area contributed by atoms with E-state index in [9.17, 15) is 0 Å². The van der Waals surface area contributed by atoms with Crippen molar-refractivity contribution in [3.63, 3.8) is 0 Å². The van der Waals surface area contributed by atoms with E-state index in [4.69, 9.17) is 5.11 Å². The standard InChI is InChI=1S/C4H8BrNO/c1-3(2)6-4(5)7/h4,6-7H,1H2,2H3. The van der Waals surface area contributed by atoms with Crippen LogP contribution >= 0.6 is 15.9 Å². The Balaban J connectivity index is 3.13. The summed E-state index contributed by atoms with van der Waals surface area (Å²) in [4.78, 5) is 0. The second kappa shape index (κ2) is 3.04. The molecule has 0 aromatic rings. The molecule has 0 rings (SSSR count). The highest BCUT2D eigenvalue weighted by Gasteiger charge is 1.89. The fraction of sp³-hybridized carbons (Fsp3) is 0.500. The molecule has 0 saturated heterocycles. The van der Waals surface area contributed by atoms with Crippen LogP contribution in [-0.4, -0.2) is 10.2 Å². The average Bonchev–Trinajstić information content (AvgIpc) is 1.27. The molecule has 0 bridgehead atoms. The molecule has 0 saturated carbocycles. The number of aliphatic hydroxyl groups is 1. The van der Waals surface area contributed by atoms with Gasteiger partial charge in [0.15, 0.2) is 5.14 Å². The second-order valence-electron chi connectivity index (χ2n) is 1.26. The summed E-state index contributed by atoms with van der Waals surface area (Å²) in [6, 6.07) is 0. The van der Waals surface area contributed by atoms with Gasteiger partial charge < -0.3 is 10.4 Å². The molecule has 42 valence electrons. The molecule has 2 nitrogen and oxygen atoms in total. The number of allylic oxidation sites excluding steroid dienone is 1. The first-order valence-electron chi connectivity index (χ1n) is 1.87. The first-order valence-corrected chi connectivity index (χ1v) is 2.78. The predicted octanol–water partition coefficient (Wildman–Crippen LogP) is 0.780. The van der Waals surface area contributed by atoms with E-state index in [1.165, 1.54) is 0 Å². The van der Waals surface area contributed by atoms with Gasteiger partial charge in [-0.2, -0.15) is 0 Å². The molecule has 3 heteroatoms. The first kappa shape index (κ1) is 6.98. The summed E-state index contributed by atoms with van der Waals surface area (Å²) in [6.45, 7) is 5.26. The van der Waals surface area contributed by atoms with E-state index in [0.29, 0.717) is 0 Å². The third-order valence-corrected chi connectivity index (χ3v) is 0.594. The normalized spacial score (nSPS) is 13.0. The highest BCUT2D eigenvalue weighted by Crippen LogP contribution is 1.90. The summed E-state index contributed by atoms with van der Waals surface area (Å²) in [5.41, 5.74) is 0.740. The van der Waals surface area contributed by atoms with Gasteiger partial charge in [-0.05, 0) is 22.9 Å². The lowest BCUT2D eigenvalue weighted by Crippen LogP contribution is -2.19. The van der Waals surface area contributed by atoms with Gasteiger partial charge in [0.25, 0.3) is 0 Å².